The predicted octanol–water partition coefficient (Wildman–Crippen LogP) is 2.21. The summed E-state index contributed by atoms with van der Waals surface area (Å²) >= 11 is 0. The molecule has 116 valence electrons. The number of urea groups is 1. The number of hydrogen-bond acceptors (Lipinski definition) is 4. The molecule has 1 atom stereocenters. The van der Waals surface area contributed by atoms with E-state index in [9.17, 15) is 4.79 Å². The number of nitrogens with zero attached hydrogens (tertiary/aromatic N) is 3. The molecule has 0 bridgehead atoms. The minimum absolute atomic E-state index is 0.105. The van der Waals surface area contributed by atoms with Crippen molar-refractivity contribution in [2.75, 3.05) is 26.0 Å². The molecule has 0 saturated carbocycles. The lowest BCUT2D eigenvalue weighted by molar-refractivity contribution is 0.243. The van der Waals surface area contributed by atoms with Gasteiger partial charge in [-0.15, -0.1) is 5.10 Å². The Morgan fingerprint density at radius 3 is 2.55 bits per heavy atom. The van der Waals surface area contributed by atoms with Crippen molar-refractivity contribution in [3.8, 4) is 0 Å². The summed E-state index contributed by atoms with van der Waals surface area (Å²) in [6.07, 6.45) is 1.56. The van der Waals surface area contributed by atoms with Crippen LogP contribution in [-0.4, -0.2) is 41.8 Å². The van der Waals surface area contributed by atoms with E-state index in [4.69, 9.17) is 0 Å². The van der Waals surface area contributed by atoms with Gasteiger partial charge in [0.2, 0.25) is 0 Å². The van der Waals surface area contributed by atoms with Gasteiger partial charge >= 0.3 is 6.03 Å². The quantitative estimate of drug-likeness (QED) is 0.888. The summed E-state index contributed by atoms with van der Waals surface area (Å²) in [5, 5.41) is 13.1. The van der Waals surface area contributed by atoms with Crippen molar-refractivity contribution in [3.05, 3.63) is 53.7 Å². The maximum absolute atomic E-state index is 11.9. The Labute approximate surface area is 130 Å². The number of carbonyl (C=O) groups excluding carboxylic acids is 1. The molecular formula is C16H21N5O. The molecule has 2 rings (SSSR count). The molecule has 1 aromatic heterocycles. The van der Waals surface area contributed by atoms with Gasteiger partial charge in [0.25, 0.3) is 0 Å². The number of nitrogens with one attached hydrogen (secondary N) is 2. The maximum Gasteiger partial charge on any atom is 0.320 e. The van der Waals surface area contributed by atoms with Crippen molar-refractivity contribution < 1.29 is 4.79 Å². The molecule has 0 unspecified atom stereocenters. The van der Waals surface area contributed by atoms with Crippen LogP contribution in [0.2, 0.25) is 0 Å². The third-order valence-electron chi connectivity index (χ3n) is 3.36. The summed E-state index contributed by atoms with van der Waals surface area (Å²) in [5.74, 6) is 0.428. The number of likely N-dealkylation sites (N-methyl/N-ethyl adjacent to an activating group) is 1. The van der Waals surface area contributed by atoms with Gasteiger partial charge in [0.05, 0.1) is 6.04 Å². The summed E-state index contributed by atoms with van der Waals surface area (Å²) in [4.78, 5) is 14.0. The minimum Gasteiger partial charge on any atom is -0.336 e. The third kappa shape index (κ3) is 4.53. The number of hydrogen-bond donors (Lipinski definition) is 2. The van der Waals surface area contributed by atoms with E-state index >= 15 is 0 Å². The minimum atomic E-state index is -0.292. The zero-order chi connectivity index (χ0) is 15.9. The molecule has 1 heterocycles. The zero-order valence-electron chi connectivity index (χ0n) is 13.1. The molecule has 0 aliphatic carbocycles. The molecule has 0 radical (unpaired) electrons. The topological polar surface area (TPSA) is 70.1 Å². The summed E-state index contributed by atoms with van der Waals surface area (Å²) in [7, 11) is 3.99. The van der Waals surface area contributed by atoms with Gasteiger partial charge in [-0.2, -0.15) is 5.10 Å². The number of aryl methyl sites for hydroxylation is 1. The van der Waals surface area contributed by atoms with Crippen LogP contribution in [-0.2, 0) is 0 Å². The summed E-state index contributed by atoms with van der Waals surface area (Å²) in [5.41, 5.74) is 2.38. The van der Waals surface area contributed by atoms with E-state index in [0.717, 1.165) is 5.56 Å². The Morgan fingerprint density at radius 1 is 1.23 bits per heavy atom. The second-order valence-corrected chi connectivity index (χ2v) is 5.33. The smallest absolute Gasteiger partial charge is 0.320 e. The van der Waals surface area contributed by atoms with Crippen molar-refractivity contribution in [2.24, 2.45) is 0 Å². The molecule has 0 spiro atoms. The highest BCUT2D eigenvalue weighted by Gasteiger charge is 2.15. The van der Waals surface area contributed by atoms with Crippen LogP contribution in [0.25, 0.3) is 0 Å². The van der Waals surface area contributed by atoms with Gasteiger partial charge in [-0.1, -0.05) is 29.8 Å². The van der Waals surface area contributed by atoms with Crippen LogP contribution in [0.15, 0.2) is 42.6 Å². The lowest BCUT2D eigenvalue weighted by atomic mass is 10.0. The molecular weight excluding hydrogens is 278 g/mol. The van der Waals surface area contributed by atoms with E-state index in [1.165, 1.54) is 5.56 Å². The van der Waals surface area contributed by atoms with E-state index < -0.39 is 0 Å². The van der Waals surface area contributed by atoms with Crippen LogP contribution >= 0.6 is 0 Å². The molecule has 0 aliphatic rings. The van der Waals surface area contributed by atoms with Gasteiger partial charge in [-0.3, -0.25) is 5.32 Å². The molecule has 2 amide bonds. The number of benzene rings is 1. The second kappa shape index (κ2) is 7.51. The lowest BCUT2D eigenvalue weighted by Gasteiger charge is -2.25. The Hall–Kier alpha value is -2.47. The predicted molar refractivity (Wildman–Crippen MR) is 86.7 cm³/mol. The van der Waals surface area contributed by atoms with Crippen LogP contribution < -0.4 is 10.6 Å². The number of anilines is 1. The number of rotatable bonds is 5. The van der Waals surface area contributed by atoms with Crippen molar-refractivity contribution >= 4 is 11.8 Å². The standard InChI is InChI=1S/C16H21N5O/c1-12-6-8-13(9-7-12)14(21(2)3)11-17-16(22)19-15-5-4-10-18-20-15/h4-10,14H,11H2,1-3H3,(H2,17,19,20,22)/t14-/m1/s1. The molecule has 6 heteroatoms. The van der Waals surface area contributed by atoms with E-state index in [1.54, 1.807) is 18.3 Å². The average molecular weight is 299 g/mol. The van der Waals surface area contributed by atoms with E-state index in [1.807, 2.05) is 14.1 Å². The molecule has 6 nitrogen and oxygen atoms in total. The Bertz CT molecular complexity index is 598. The number of aromatic nitrogens is 2. The molecule has 22 heavy (non-hydrogen) atoms. The fourth-order valence-corrected chi connectivity index (χ4v) is 2.11. The normalized spacial score (nSPS) is 12.0. The molecule has 0 aliphatic heterocycles. The molecule has 1 aromatic carbocycles. The van der Waals surface area contributed by atoms with Crippen LogP contribution in [0.5, 0.6) is 0 Å². The van der Waals surface area contributed by atoms with E-state index in [2.05, 4.69) is 56.9 Å². The van der Waals surface area contributed by atoms with E-state index in [-0.39, 0.29) is 12.1 Å². The lowest BCUT2D eigenvalue weighted by Crippen LogP contribution is -2.37. The largest absolute Gasteiger partial charge is 0.336 e. The number of carbonyl (C=O) groups is 1. The average Bonchev–Trinajstić information content (AvgIpc) is 2.50. The van der Waals surface area contributed by atoms with Gasteiger partial charge in [0.15, 0.2) is 5.82 Å². The van der Waals surface area contributed by atoms with Gasteiger partial charge in [-0.25, -0.2) is 4.79 Å². The Balaban J connectivity index is 1.94. The Morgan fingerprint density at radius 2 is 1.95 bits per heavy atom. The molecule has 2 aromatic rings. The Kier molecular flexibility index (Phi) is 5.43. The molecule has 0 fully saturated rings. The van der Waals surface area contributed by atoms with Crippen LogP contribution in [0.4, 0.5) is 10.6 Å². The monoisotopic (exact) mass is 299 g/mol. The first kappa shape index (κ1) is 15.9. The van der Waals surface area contributed by atoms with E-state index in [0.29, 0.717) is 12.4 Å². The van der Waals surface area contributed by atoms with Crippen LogP contribution in [0.1, 0.15) is 17.2 Å². The van der Waals surface area contributed by atoms with Gasteiger partial charge in [0.1, 0.15) is 0 Å². The van der Waals surface area contributed by atoms with Gasteiger partial charge in [0, 0.05) is 12.7 Å². The van der Waals surface area contributed by atoms with Crippen molar-refractivity contribution in [1.82, 2.24) is 20.4 Å². The highest BCUT2D eigenvalue weighted by Crippen LogP contribution is 2.17. The van der Waals surface area contributed by atoms with Crippen LogP contribution in [0, 0.1) is 6.92 Å². The van der Waals surface area contributed by atoms with Crippen LogP contribution in [0.3, 0.4) is 0 Å². The maximum atomic E-state index is 11.9. The SMILES string of the molecule is Cc1ccc([C@@H](CNC(=O)Nc2cccnn2)N(C)C)cc1. The van der Waals surface area contributed by atoms with Crippen molar-refractivity contribution in [2.45, 2.75) is 13.0 Å². The summed E-state index contributed by atoms with van der Waals surface area (Å²) in [6.45, 7) is 2.56. The fraction of sp³-hybridized carbons (Fsp3) is 0.312. The van der Waals surface area contributed by atoms with Crippen molar-refractivity contribution in [3.63, 3.8) is 0 Å². The summed E-state index contributed by atoms with van der Waals surface area (Å²) in [6, 6.07) is 11.5. The highest BCUT2D eigenvalue weighted by atomic mass is 16.2. The van der Waals surface area contributed by atoms with Gasteiger partial charge < -0.3 is 10.2 Å². The first-order valence-corrected chi connectivity index (χ1v) is 7.12. The molecule has 2 N–H and O–H groups in total. The highest BCUT2D eigenvalue weighted by molar-refractivity contribution is 5.88. The van der Waals surface area contributed by atoms with Gasteiger partial charge in [-0.05, 0) is 38.7 Å². The summed E-state index contributed by atoms with van der Waals surface area (Å²) < 4.78 is 0. The third-order valence-corrected chi connectivity index (χ3v) is 3.36. The zero-order valence-corrected chi connectivity index (χ0v) is 13.1. The fourth-order valence-electron chi connectivity index (χ4n) is 2.11. The first-order valence-electron chi connectivity index (χ1n) is 7.12. The number of amides is 2. The molecule has 0 saturated heterocycles. The second-order valence-electron chi connectivity index (χ2n) is 5.33. The first-order chi connectivity index (χ1) is 10.6. The van der Waals surface area contributed by atoms with Crippen molar-refractivity contribution in [1.29, 1.82) is 0 Å².